The Morgan fingerprint density at radius 1 is 0.528 bits per heavy atom. The van der Waals surface area contributed by atoms with E-state index in [-0.39, 0.29) is 101 Å². The molecule has 2 aromatic rings. The van der Waals surface area contributed by atoms with Crippen LogP contribution in [0, 0.1) is 11.8 Å². The van der Waals surface area contributed by atoms with Crippen molar-refractivity contribution in [1.29, 1.82) is 0 Å². The topological polar surface area (TPSA) is 468 Å². The third kappa shape index (κ3) is 15.9. The highest BCUT2D eigenvalue weighted by molar-refractivity contribution is 5.99. The largest absolute Gasteiger partial charge is 0.480 e. The Bertz CT molecular complexity index is 3030. The quantitative estimate of drug-likeness (QED) is 0.0270. The van der Waals surface area contributed by atoms with Crippen molar-refractivity contribution in [2.24, 2.45) is 50.5 Å². The normalized spacial score (nSPS) is 24.3. The third-order valence-corrected chi connectivity index (χ3v) is 18.4. The van der Waals surface area contributed by atoms with Crippen molar-refractivity contribution < 1.29 is 68.4 Å². The Hall–Kier alpha value is -8.44. The molecule has 2 saturated heterocycles. The number of carboxylic acid groups (broad SMARTS) is 2. The lowest BCUT2D eigenvalue weighted by molar-refractivity contribution is -0.153. The second kappa shape index (κ2) is 30.2. The van der Waals surface area contributed by atoms with Crippen LogP contribution in [-0.2, 0) is 73.9 Å². The number of aliphatic hydroxyl groups is 2. The Balaban J connectivity index is 0.950. The summed E-state index contributed by atoms with van der Waals surface area (Å²) < 4.78 is 0. The molecule has 29 heteroatoms. The number of likely N-dealkylation sites (tertiary alicyclic amines) is 2. The van der Waals surface area contributed by atoms with Gasteiger partial charge < -0.3 is 90.0 Å². The first-order chi connectivity index (χ1) is 42.6. The van der Waals surface area contributed by atoms with E-state index in [2.05, 4.69) is 31.3 Å². The molecule has 13 atom stereocenters. The standard InChI is InChI=1S/C60H85N15O14/c61-38(50(79)71-42(31-77)54(83)73-29-37-16-4-2-12-33(37)24-48(73)56(85)75-44-20-8-6-14-35(44)26-46(75)52(81)70-40(58(88)89)18-10-22-67-60(64)65)27-49(78)68-41(30-76)53(82)72-28-36-15-3-1-11-32(36)23-47(72)55(84)74-43-19-7-5-13-34(43)25-45(74)51(80)69-39(57(86)87)17-9-21-66-59(62)63/h1-4,11-12,15-16,34-35,38-48,76-77H,5-10,13-14,17-31,61H2,(H,68,78)(H,69,80)(H,70,81)(H,71,79)(H,86,87)(H,88,89)(H4,62,63,66)(H4,64,65,67)/t34?,35?,38-,39-,40-,41-,42-,43?,44?,45-,46-,47+,48+/m0/s1. The van der Waals surface area contributed by atoms with Crippen LogP contribution in [0.1, 0.15) is 119 Å². The van der Waals surface area contributed by atoms with Gasteiger partial charge in [-0.1, -0.05) is 74.2 Å². The summed E-state index contributed by atoms with van der Waals surface area (Å²) in [6.45, 7) is -1.95. The zero-order valence-corrected chi connectivity index (χ0v) is 49.8. The number of aliphatic imine (C=N–C) groups is 2. The molecule has 4 aliphatic heterocycles. The zero-order chi connectivity index (χ0) is 64.2. The first-order valence-electron chi connectivity index (χ1n) is 30.7. The maximum atomic E-state index is 15.2. The molecule has 484 valence electrons. The molecule has 0 radical (unpaired) electrons. The van der Waals surface area contributed by atoms with E-state index in [4.69, 9.17) is 28.7 Å². The van der Waals surface area contributed by atoms with Crippen molar-refractivity contribution in [3.63, 3.8) is 0 Å². The number of carbonyl (C=O) groups excluding carboxylic acids is 8. The molecule has 29 nitrogen and oxygen atoms in total. The highest BCUT2D eigenvalue weighted by atomic mass is 16.4. The van der Waals surface area contributed by atoms with Crippen molar-refractivity contribution >= 4 is 71.1 Å². The predicted molar refractivity (Wildman–Crippen MR) is 321 cm³/mol. The number of carboxylic acids is 2. The summed E-state index contributed by atoms with van der Waals surface area (Å²) in [5.41, 5.74) is 30.9. The van der Waals surface area contributed by atoms with Crippen LogP contribution >= 0.6 is 0 Å². The summed E-state index contributed by atoms with van der Waals surface area (Å²) in [6, 6.07) is 1.03. The molecule has 0 aromatic heterocycles. The molecule has 2 saturated carbocycles. The zero-order valence-electron chi connectivity index (χ0n) is 49.8. The monoisotopic (exact) mass is 1240 g/mol. The average molecular weight is 1240 g/mol. The van der Waals surface area contributed by atoms with E-state index in [1.807, 2.05) is 12.1 Å². The Morgan fingerprint density at radius 2 is 0.921 bits per heavy atom. The van der Waals surface area contributed by atoms with E-state index < -0.39 is 145 Å². The summed E-state index contributed by atoms with van der Waals surface area (Å²) in [6.07, 6.45) is 5.98. The summed E-state index contributed by atoms with van der Waals surface area (Å²) in [5.74, 6) is -9.36. The van der Waals surface area contributed by atoms with Crippen molar-refractivity contribution in [1.82, 2.24) is 40.9 Å². The van der Waals surface area contributed by atoms with E-state index in [9.17, 15) is 58.8 Å². The summed E-state index contributed by atoms with van der Waals surface area (Å²) in [4.78, 5) is 154. The smallest absolute Gasteiger partial charge is 0.326 e. The van der Waals surface area contributed by atoms with Gasteiger partial charge in [-0.25, -0.2) is 9.59 Å². The van der Waals surface area contributed by atoms with Gasteiger partial charge in [0.2, 0.25) is 47.3 Å². The van der Waals surface area contributed by atoms with E-state index >= 15 is 9.59 Å². The van der Waals surface area contributed by atoms with Gasteiger partial charge in [0.25, 0.3) is 0 Å². The molecule has 0 spiro atoms. The molecule has 0 bridgehead atoms. The lowest BCUT2D eigenvalue weighted by Gasteiger charge is -2.42. The lowest BCUT2D eigenvalue weighted by atomic mass is 9.84. The number of benzene rings is 2. The van der Waals surface area contributed by atoms with Crippen molar-refractivity contribution in [2.45, 2.75) is 189 Å². The van der Waals surface area contributed by atoms with Gasteiger partial charge in [0, 0.05) is 51.1 Å². The minimum Gasteiger partial charge on any atom is -0.480 e. The molecule has 89 heavy (non-hydrogen) atoms. The molecule has 18 N–H and O–H groups in total. The molecule has 4 unspecified atom stereocenters. The van der Waals surface area contributed by atoms with Crippen molar-refractivity contribution in [3.05, 3.63) is 70.8 Å². The molecule has 2 aliphatic carbocycles. The van der Waals surface area contributed by atoms with E-state index in [0.717, 1.165) is 43.2 Å². The molecule has 2 aromatic carbocycles. The van der Waals surface area contributed by atoms with Gasteiger partial charge in [0.15, 0.2) is 11.9 Å². The maximum absolute atomic E-state index is 15.2. The Kier molecular flexibility index (Phi) is 22.6. The number of hydrogen-bond donors (Lipinski definition) is 13. The third-order valence-electron chi connectivity index (χ3n) is 18.4. The summed E-state index contributed by atoms with van der Waals surface area (Å²) in [5, 5.41) is 51.8. The van der Waals surface area contributed by atoms with Crippen LogP contribution in [0.4, 0.5) is 0 Å². The fourth-order valence-corrected chi connectivity index (χ4v) is 14.0. The van der Waals surface area contributed by atoms with Crippen LogP contribution in [0.3, 0.4) is 0 Å². The molecule has 4 fully saturated rings. The summed E-state index contributed by atoms with van der Waals surface area (Å²) >= 11 is 0. The minimum absolute atomic E-state index is 0.00249. The Morgan fingerprint density at radius 3 is 1.31 bits per heavy atom. The van der Waals surface area contributed by atoms with E-state index in [1.165, 1.54) is 19.6 Å². The second-order valence-electron chi connectivity index (χ2n) is 24.2. The predicted octanol–water partition coefficient (Wildman–Crippen LogP) is -2.87. The lowest BCUT2D eigenvalue weighted by Crippen LogP contribution is -2.63. The van der Waals surface area contributed by atoms with Crippen LogP contribution in [0.15, 0.2) is 58.5 Å². The fourth-order valence-electron chi connectivity index (χ4n) is 14.0. The van der Waals surface area contributed by atoms with Gasteiger partial charge >= 0.3 is 11.9 Å². The van der Waals surface area contributed by atoms with Gasteiger partial charge in [-0.15, -0.1) is 0 Å². The van der Waals surface area contributed by atoms with Gasteiger partial charge in [-0.05, 0) is 98.3 Å². The SMILES string of the molecule is NC(N)=NCCC[C@H](NC(=O)[C@@H]1CC2CCCCC2N1C(=O)[C@H]1Cc2ccccc2CN1C(=O)[C@H](CO)NC(=O)C[C@H](N)C(=O)N[C@@H](CO)C(=O)N1Cc2ccccc2C[C@@H]1C(=O)N1C2CCCCC2C[C@H]1C(=O)N[C@@H](CCCN=C(N)N)C(=O)O)C(=O)O. The highest BCUT2D eigenvalue weighted by Crippen LogP contribution is 2.43. The van der Waals surface area contributed by atoms with Gasteiger partial charge in [-0.2, -0.15) is 0 Å². The minimum atomic E-state index is -1.71. The highest BCUT2D eigenvalue weighted by Gasteiger charge is 2.53. The van der Waals surface area contributed by atoms with Crippen LogP contribution < -0.4 is 49.9 Å². The van der Waals surface area contributed by atoms with Crippen molar-refractivity contribution in [2.75, 3.05) is 26.3 Å². The molecule has 8 amide bonds. The number of amides is 8. The van der Waals surface area contributed by atoms with Crippen LogP contribution in [0.25, 0.3) is 0 Å². The number of fused-ring (bicyclic) bond motifs is 4. The number of rotatable bonds is 25. The maximum Gasteiger partial charge on any atom is 0.326 e. The van der Waals surface area contributed by atoms with E-state index in [0.29, 0.717) is 30.4 Å². The second-order valence-corrected chi connectivity index (χ2v) is 24.2. The molecular formula is C60H85N15O14. The summed E-state index contributed by atoms with van der Waals surface area (Å²) in [7, 11) is 0. The fraction of sp³-hybridized carbons (Fsp3) is 0.600. The van der Waals surface area contributed by atoms with Gasteiger partial charge in [0.05, 0.1) is 25.7 Å². The van der Waals surface area contributed by atoms with Crippen molar-refractivity contribution in [3.8, 4) is 0 Å². The van der Waals surface area contributed by atoms with Gasteiger partial charge in [0.1, 0.15) is 48.3 Å². The number of hydrogen-bond acceptors (Lipinski definition) is 15. The molecule has 8 rings (SSSR count). The Labute approximate surface area is 514 Å². The number of nitrogens with two attached hydrogens (primary N) is 5. The van der Waals surface area contributed by atoms with E-state index in [1.54, 1.807) is 36.4 Å². The van der Waals surface area contributed by atoms with Gasteiger partial charge in [-0.3, -0.25) is 48.3 Å². The average Bonchev–Trinajstić information content (AvgIpc) is 1.80. The number of carbonyl (C=O) groups is 10. The van der Waals surface area contributed by atoms with Crippen LogP contribution in [0.2, 0.25) is 0 Å². The number of aliphatic carboxylic acids is 2. The van der Waals surface area contributed by atoms with Crippen LogP contribution in [0.5, 0.6) is 0 Å². The number of guanidine groups is 2. The first kappa shape index (κ1) is 66.5. The number of aliphatic hydroxyl groups excluding tert-OH is 2. The molecular weight excluding hydrogens is 1150 g/mol. The van der Waals surface area contributed by atoms with Crippen LogP contribution in [-0.4, -0.2) is 204 Å². The molecule has 4 heterocycles. The molecule has 6 aliphatic rings. The first-order valence-corrected chi connectivity index (χ1v) is 30.7. The number of nitrogens with one attached hydrogen (secondary N) is 4. The number of nitrogens with zero attached hydrogens (tertiary/aromatic N) is 6.